The molecule has 0 atom stereocenters. The zero-order valence-corrected chi connectivity index (χ0v) is 7.20. The van der Waals surface area contributed by atoms with E-state index in [4.69, 9.17) is 0 Å². The number of ether oxygens (including phenoxy) is 1. The first-order valence-corrected chi connectivity index (χ1v) is 3.76. The van der Waals surface area contributed by atoms with Crippen LogP contribution in [0.1, 0.15) is 19.8 Å². The molecule has 0 N–H and O–H groups in total. The number of hydrogen-bond donors (Lipinski definition) is 0. The monoisotopic (exact) mass is 183 g/mol. The Labute approximate surface area is 74.9 Å². The third-order valence-corrected chi connectivity index (χ3v) is 1.56. The standard InChI is InChI=1S/C8H9NO4/c1-5(2)8(11)13-7-4-3-6(10)9(7)12/h1,3-4H2,2H3. The summed E-state index contributed by atoms with van der Waals surface area (Å²) >= 11 is 0. The van der Waals surface area contributed by atoms with E-state index in [1.54, 1.807) is 0 Å². The maximum Gasteiger partial charge on any atom is 0.401 e. The van der Waals surface area contributed by atoms with E-state index in [9.17, 15) is 14.8 Å². The van der Waals surface area contributed by atoms with Crippen molar-refractivity contribution < 1.29 is 19.1 Å². The molecule has 5 nitrogen and oxygen atoms in total. The van der Waals surface area contributed by atoms with Gasteiger partial charge in [-0.05, 0) is 6.92 Å². The van der Waals surface area contributed by atoms with Crippen LogP contribution >= 0.6 is 0 Å². The molecule has 0 aromatic rings. The van der Waals surface area contributed by atoms with Gasteiger partial charge in [0.1, 0.15) is 0 Å². The van der Waals surface area contributed by atoms with Crippen molar-refractivity contribution in [1.29, 1.82) is 0 Å². The molecule has 0 aromatic carbocycles. The average Bonchev–Trinajstić information content (AvgIpc) is 2.36. The quantitative estimate of drug-likeness (QED) is 0.254. The fraction of sp³-hybridized carbons (Fsp3) is 0.375. The summed E-state index contributed by atoms with van der Waals surface area (Å²) in [6.45, 7) is 4.81. The molecular weight excluding hydrogens is 174 g/mol. The Kier molecular flexibility index (Phi) is 2.46. The van der Waals surface area contributed by atoms with E-state index < -0.39 is 11.9 Å². The minimum atomic E-state index is -0.675. The smallest absolute Gasteiger partial charge is 0.401 e. The minimum Gasteiger partial charge on any atom is -0.614 e. The number of nitrogens with zero attached hydrogens (tertiary/aromatic N) is 1. The second-order valence-corrected chi connectivity index (χ2v) is 2.75. The van der Waals surface area contributed by atoms with Crippen LogP contribution in [-0.2, 0) is 14.3 Å². The van der Waals surface area contributed by atoms with Crippen LogP contribution in [-0.4, -0.2) is 22.5 Å². The van der Waals surface area contributed by atoms with Gasteiger partial charge in [0.05, 0.1) is 12.8 Å². The summed E-state index contributed by atoms with van der Waals surface area (Å²) in [4.78, 5) is 21.6. The average molecular weight is 183 g/mol. The van der Waals surface area contributed by atoms with E-state index in [2.05, 4.69) is 11.3 Å². The predicted molar refractivity (Wildman–Crippen MR) is 43.8 cm³/mol. The normalized spacial score (nSPS) is 16.2. The summed E-state index contributed by atoms with van der Waals surface area (Å²) < 4.78 is 4.74. The third kappa shape index (κ3) is 1.93. The second kappa shape index (κ2) is 3.38. The maximum atomic E-state index is 10.9. The van der Waals surface area contributed by atoms with E-state index in [1.807, 2.05) is 0 Å². The van der Waals surface area contributed by atoms with Crippen LogP contribution in [0.3, 0.4) is 0 Å². The Balaban J connectivity index is 2.70. The number of carbonyl (C=O) groups is 2. The molecule has 0 saturated carbocycles. The minimum absolute atomic E-state index is 0.0995. The topological polar surface area (TPSA) is 69.4 Å². The molecule has 1 rings (SSSR count). The van der Waals surface area contributed by atoms with Crippen LogP contribution in [0.25, 0.3) is 0 Å². The van der Waals surface area contributed by atoms with Crippen molar-refractivity contribution in [3.63, 3.8) is 0 Å². The lowest BCUT2D eigenvalue weighted by atomic mass is 10.3. The van der Waals surface area contributed by atoms with Crippen LogP contribution in [0, 0.1) is 5.21 Å². The summed E-state index contributed by atoms with van der Waals surface area (Å²) in [7, 11) is 0. The second-order valence-electron chi connectivity index (χ2n) is 2.75. The first-order chi connectivity index (χ1) is 6.02. The van der Waals surface area contributed by atoms with Crippen LogP contribution in [0.2, 0.25) is 0 Å². The van der Waals surface area contributed by atoms with Crippen LogP contribution < -0.4 is 0 Å². The summed E-state index contributed by atoms with van der Waals surface area (Å²) in [6.07, 6.45) is 0.281. The molecule has 0 unspecified atom stereocenters. The first-order valence-electron chi connectivity index (χ1n) is 3.76. The van der Waals surface area contributed by atoms with Gasteiger partial charge in [-0.3, -0.25) is 0 Å². The van der Waals surface area contributed by atoms with Crippen molar-refractivity contribution in [3.05, 3.63) is 17.4 Å². The van der Waals surface area contributed by atoms with Gasteiger partial charge in [-0.2, -0.15) is 0 Å². The van der Waals surface area contributed by atoms with Gasteiger partial charge in [0, 0.05) is 5.57 Å². The van der Waals surface area contributed by atoms with Crippen molar-refractivity contribution in [3.8, 4) is 0 Å². The van der Waals surface area contributed by atoms with Crippen molar-refractivity contribution >= 4 is 17.8 Å². The molecule has 1 heterocycles. The predicted octanol–water partition coefficient (Wildman–Crippen LogP) is 0.335. The van der Waals surface area contributed by atoms with Crippen LogP contribution in [0.15, 0.2) is 12.2 Å². The Bertz CT molecular complexity index is 316. The molecular formula is C8H9NO4. The van der Waals surface area contributed by atoms with Crippen molar-refractivity contribution in [2.75, 3.05) is 0 Å². The number of rotatable bonds is 1. The molecule has 1 aliphatic rings. The van der Waals surface area contributed by atoms with Gasteiger partial charge < -0.3 is 9.94 Å². The van der Waals surface area contributed by atoms with Gasteiger partial charge >= 0.3 is 17.8 Å². The van der Waals surface area contributed by atoms with Gasteiger partial charge in [-0.25, -0.2) is 9.59 Å². The fourth-order valence-corrected chi connectivity index (χ4v) is 0.843. The van der Waals surface area contributed by atoms with Crippen molar-refractivity contribution in [2.24, 2.45) is 0 Å². The third-order valence-electron chi connectivity index (χ3n) is 1.56. The lowest BCUT2D eigenvalue weighted by Crippen LogP contribution is -2.19. The van der Waals surface area contributed by atoms with Gasteiger partial charge in [0.15, 0.2) is 0 Å². The summed E-state index contributed by atoms with van der Waals surface area (Å²) in [5.74, 6) is -1.40. The molecule has 70 valence electrons. The molecule has 1 aliphatic heterocycles. The van der Waals surface area contributed by atoms with Gasteiger partial charge in [0.2, 0.25) is 0 Å². The highest BCUT2D eigenvalue weighted by molar-refractivity contribution is 5.98. The molecule has 0 bridgehead atoms. The van der Waals surface area contributed by atoms with E-state index in [0.29, 0.717) is 0 Å². The number of hydroxylamine groups is 1. The van der Waals surface area contributed by atoms with E-state index in [1.165, 1.54) is 6.92 Å². The summed E-state index contributed by atoms with van der Waals surface area (Å²) in [6, 6.07) is 0. The highest BCUT2D eigenvalue weighted by Crippen LogP contribution is 2.07. The lowest BCUT2D eigenvalue weighted by Gasteiger charge is -2.00. The molecule has 1 amide bonds. The van der Waals surface area contributed by atoms with E-state index in [0.717, 1.165) is 0 Å². The van der Waals surface area contributed by atoms with Crippen LogP contribution in [0.5, 0.6) is 0 Å². The van der Waals surface area contributed by atoms with E-state index >= 15 is 0 Å². The van der Waals surface area contributed by atoms with Gasteiger partial charge in [0.25, 0.3) is 0 Å². The molecule has 0 radical (unpaired) electrons. The summed E-state index contributed by atoms with van der Waals surface area (Å²) in [5.41, 5.74) is 0.195. The van der Waals surface area contributed by atoms with Crippen LogP contribution in [0.4, 0.5) is 0 Å². The Morgan fingerprint density at radius 3 is 2.62 bits per heavy atom. The van der Waals surface area contributed by atoms with Crippen molar-refractivity contribution in [2.45, 2.75) is 19.8 Å². The summed E-state index contributed by atoms with van der Waals surface area (Å²) in [5, 5.41) is 10.9. The Hall–Kier alpha value is -1.65. The highest BCUT2D eigenvalue weighted by Gasteiger charge is 2.30. The Morgan fingerprint density at radius 2 is 2.23 bits per heavy atom. The number of carbonyl (C=O) groups excluding carboxylic acids is 2. The van der Waals surface area contributed by atoms with E-state index in [-0.39, 0.29) is 29.1 Å². The molecule has 0 spiro atoms. The molecule has 0 aliphatic carbocycles. The molecule has 0 saturated heterocycles. The number of amides is 1. The Morgan fingerprint density at radius 1 is 1.62 bits per heavy atom. The molecule has 0 aromatic heterocycles. The fourth-order valence-electron chi connectivity index (χ4n) is 0.843. The number of esters is 1. The first kappa shape index (κ1) is 9.44. The van der Waals surface area contributed by atoms with Gasteiger partial charge in [-0.15, -0.1) is 4.74 Å². The maximum absolute atomic E-state index is 10.9. The zero-order valence-electron chi connectivity index (χ0n) is 7.20. The molecule has 0 fully saturated rings. The molecule has 5 heteroatoms. The number of hydrogen-bond acceptors (Lipinski definition) is 4. The highest BCUT2D eigenvalue weighted by atomic mass is 16.6. The van der Waals surface area contributed by atoms with Crippen molar-refractivity contribution in [1.82, 2.24) is 0 Å². The lowest BCUT2D eigenvalue weighted by molar-refractivity contribution is -0.383. The largest absolute Gasteiger partial charge is 0.614 e. The van der Waals surface area contributed by atoms with Gasteiger partial charge in [-0.1, -0.05) is 6.58 Å². The molecule has 13 heavy (non-hydrogen) atoms. The SMILES string of the molecule is C=C(C)C(=O)OC1=[N+]([O-])C(=O)CC1. The zero-order chi connectivity index (χ0) is 10.0.